The predicted octanol–water partition coefficient (Wildman–Crippen LogP) is 2.91. The molecule has 136 valence electrons. The van der Waals surface area contributed by atoms with Gasteiger partial charge in [0.25, 0.3) is 0 Å². The fourth-order valence-electron chi connectivity index (χ4n) is 2.52. The van der Waals surface area contributed by atoms with Gasteiger partial charge in [0.1, 0.15) is 18.1 Å². The first-order valence-corrected chi connectivity index (χ1v) is 9.00. The summed E-state index contributed by atoms with van der Waals surface area (Å²) in [5.74, 6) is 0.162. The molecule has 0 radical (unpaired) electrons. The smallest absolute Gasteiger partial charge is 0.303 e. The van der Waals surface area contributed by atoms with Gasteiger partial charge in [-0.15, -0.1) is 11.8 Å². The molecule has 1 aliphatic rings. The predicted molar refractivity (Wildman–Crippen MR) is 90.3 cm³/mol. The third kappa shape index (κ3) is 6.59. The number of rotatable bonds is 8. The number of ether oxygens (including phenoxy) is 3. The first-order valence-electron chi connectivity index (χ1n) is 7.95. The maximum absolute atomic E-state index is 11.4. The Kier molecular flexibility index (Phi) is 8.95. The van der Waals surface area contributed by atoms with Crippen molar-refractivity contribution in [2.24, 2.45) is 17.0 Å². The first kappa shape index (κ1) is 20.6. The number of carbonyl (C=O) groups is 2. The van der Waals surface area contributed by atoms with Gasteiger partial charge in [0, 0.05) is 31.2 Å². The second-order valence-electron chi connectivity index (χ2n) is 5.82. The zero-order chi connectivity index (χ0) is 18.1. The Morgan fingerprint density at radius 2 is 1.96 bits per heavy atom. The van der Waals surface area contributed by atoms with Crippen LogP contribution in [0.2, 0.25) is 0 Å². The summed E-state index contributed by atoms with van der Waals surface area (Å²) < 4.78 is 16.6. The minimum Gasteiger partial charge on any atom is -0.463 e. The van der Waals surface area contributed by atoms with E-state index in [2.05, 4.69) is 10.0 Å². The highest BCUT2D eigenvalue weighted by Gasteiger charge is 2.43. The summed E-state index contributed by atoms with van der Waals surface area (Å²) >= 11 is 1.52. The molecule has 24 heavy (non-hydrogen) atoms. The molecule has 0 aromatic rings. The molecule has 0 spiro atoms. The molecule has 9 heteroatoms. The molecule has 0 bridgehead atoms. The van der Waals surface area contributed by atoms with Crippen molar-refractivity contribution in [1.82, 2.24) is 0 Å². The third-order valence-corrected chi connectivity index (χ3v) is 5.24. The Labute approximate surface area is 146 Å². The van der Waals surface area contributed by atoms with E-state index in [-0.39, 0.29) is 48.0 Å². The Bertz CT molecular complexity index is 482. The third-order valence-electron chi connectivity index (χ3n) is 4.01. The first-order chi connectivity index (χ1) is 11.4. The fraction of sp³-hybridized carbons (Fsp3) is 0.867. The Morgan fingerprint density at radius 3 is 2.54 bits per heavy atom. The van der Waals surface area contributed by atoms with E-state index in [1.165, 1.54) is 25.6 Å². The molecule has 5 atom stereocenters. The van der Waals surface area contributed by atoms with Crippen LogP contribution in [-0.4, -0.2) is 48.5 Å². The second-order valence-corrected chi connectivity index (χ2v) is 7.02. The average molecular weight is 359 g/mol. The van der Waals surface area contributed by atoms with Crippen LogP contribution in [0.4, 0.5) is 0 Å². The molecule has 5 unspecified atom stereocenters. The highest BCUT2D eigenvalue weighted by molar-refractivity contribution is 7.99. The van der Waals surface area contributed by atoms with Crippen molar-refractivity contribution in [3.05, 3.63) is 10.4 Å². The number of thioether (sulfide) groups is 1. The van der Waals surface area contributed by atoms with Gasteiger partial charge in [-0.05, 0) is 23.6 Å². The van der Waals surface area contributed by atoms with Gasteiger partial charge in [0.15, 0.2) is 0 Å². The van der Waals surface area contributed by atoms with E-state index in [4.69, 9.17) is 19.7 Å². The van der Waals surface area contributed by atoms with Crippen LogP contribution >= 0.6 is 11.8 Å². The second kappa shape index (κ2) is 10.4. The van der Waals surface area contributed by atoms with Crippen molar-refractivity contribution in [2.75, 3.05) is 18.9 Å². The van der Waals surface area contributed by atoms with Crippen molar-refractivity contribution < 1.29 is 23.8 Å². The number of azide groups is 1. The number of nitrogens with zero attached hydrogens (tertiary/aromatic N) is 3. The van der Waals surface area contributed by atoms with Crippen LogP contribution in [0.5, 0.6) is 0 Å². The van der Waals surface area contributed by atoms with Crippen molar-refractivity contribution in [3.8, 4) is 0 Å². The largest absolute Gasteiger partial charge is 0.463 e. The quantitative estimate of drug-likeness (QED) is 0.217. The van der Waals surface area contributed by atoms with Crippen molar-refractivity contribution in [3.63, 3.8) is 0 Å². The minimum absolute atomic E-state index is 0.0674. The van der Waals surface area contributed by atoms with Gasteiger partial charge < -0.3 is 14.2 Å². The number of hydrogen-bond donors (Lipinski definition) is 0. The Balaban J connectivity index is 2.71. The van der Waals surface area contributed by atoms with Crippen LogP contribution in [0.25, 0.3) is 10.4 Å². The molecule has 0 aliphatic carbocycles. The highest BCUT2D eigenvalue weighted by atomic mass is 32.2. The average Bonchev–Trinajstić information content (AvgIpc) is 2.51. The van der Waals surface area contributed by atoms with Crippen LogP contribution < -0.4 is 0 Å². The molecule has 0 aromatic carbocycles. The fourth-order valence-corrected chi connectivity index (χ4v) is 3.76. The molecule has 0 aromatic heterocycles. The molecule has 1 fully saturated rings. The molecule has 0 N–H and O–H groups in total. The standard InChI is InChI=1S/C15H25N3O5S/c1-9-10(2)14(22-12(4)20)15(24-7-5-6-17-18-16)23-13(9)8-21-11(3)19/h9-10,13-15H,5-8H2,1-4H3. The van der Waals surface area contributed by atoms with Gasteiger partial charge in [0.2, 0.25) is 0 Å². The summed E-state index contributed by atoms with van der Waals surface area (Å²) in [6, 6.07) is 0. The topological polar surface area (TPSA) is 111 Å². The van der Waals surface area contributed by atoms with Crippen LogP contribution in [0.15, 0.2) is 5.11 Å². The van der Waals surface area contributed by atoms with Gasteiger partial charge >= 0.3 is 11.9 Å². The van der Waals surface area contributed by atoms with Crippen LogP contribution in [0.3, 0.4) is 0 Å². The molecule has 1 rings (SSSR count). The SMILES string of the molecule is CC(=O)OCC1OC(SCCCN=[N+]=[N-])C(OC(C)=O)C(C)C1C. The normalized spacial score (nSPS) is 29.4. The minimum atomic E-state index is -0.365. The molecule has 1 saturated heterocycles. The van der Waals surface area contributed by atoms with E-state index in [1.54, 1.807) is 0 Å². The summed E-state index contributed by atoms with van der Waals surface area (Å²) in [5, 5.41) is 3.50. The van der Waals surface area contributed by atoms with Crippen molar-refractivity contribution in [2.45, 2.75) is 51.8 Å². The van der Waals surface area contributed by atoms with Gasteiger partial charge in [-0.1, -0.05) is 19.0 Å². The van der Waals surface area contributed by atoms with Crippen molar-refractivity contribution >= 4 is 23.7 Å². The Hall–Kier alpha value is -1.44. The molecule has 0 saturated carbocycles. The lowest BCUT2D eigenvalue weighted by Crippen LogP contribution is -2.51. The van der Waals surface area contributed by atoms with E-state index in [9.17, 15) is 9.59 Å². The van der Waals surface area contributed by atoms with Crippen LogP contribution in [0.1, 0.15) is 34.1 Å². The summed E-state index contributed by atoms with van der Waals surface area (Å²) in [4.78, 5) is 25.2. The summed E-state index contributed by atoms with van der Waals surface area (Å²) in [6.45, 7) is 7.35. The van der Waals surface area contributed by atoms with Crippen LogP contribution in [-0.2, 0) is 23.8 Å². The lowest BCUT2D eigenvalue weighted by atomic mass is 9.84. The van der Waals surface area contributed by atoms with Gasteiger partial charge in [-0.3, -0.25) is 9.59 Å². The number of hydrogen-bond acceptors (Lipinski definition) is 7. The molecule has 1 aliphatic heterocycles. The zero-order valence-electron chi connectivity index (χ0n) is 14.5. The summed E-state index contributed by atoms with van der Waals surface area (Å²) in [7, 11) is 0. The zero-order valence-corrected chi connectivity index (χ0v) is 15.3. The lowest BCUT2D eigenvalue weighted by molar-refractivity contribution is -0.184. The van der Waals surface area contributed by atoms with Gasteiger partial charge in [-0.25, -0.2) is 0 Å². The van der Waals surface area contributed by atoms with E-state index in [1.807, 2.05) is 13.8 Å². The number of esters is 2. The molecule has 0 amide bonds. The molecular formula is C15H25N3O5S. The van der Waals surface area contributed by atoms with Gasteiger partial charge in [-0.2, -0.15) is 0 Å². The monoisotopic (exact) mass is 359 g/mol. The molecule has 8 nitrogen and oxygen atoms in total. The lowest BCUT2D eigenvalue weighted by Gasteiger charge is -2.43. The maximum atomic E-state index is 11.4. The molecular weight excluding hydrogens is 334 g/mol. The summed E-state index contributed by atoms with van der Waals surface area (Å²) in [5.41, 5.74) is 7.94. The van der Waals surface area contributed by atoms with Crippen molar-refractivity contribution in [1.29, 1.82) is 0 Å². The molecule has 1 heterocycles. The highest BCUT2D eigenvalue weighted by Crippen LogP contribution is 2.37. The van der Waals surface area contributed by atoms with Gasteiger partial charge in [0.05, 0.1) is 6.10 Å². The van der Waals surface area contributed by atoms with E-state index in [0.29, 0.717) is 18.7 Å². The number of carbonyl (C=O) groups excluding carboxylic acids is 2. The maximum Gasteiger partial charge on any atom is 0.303 e. The van der Waals surface area contributed by atoms with E-state index < -0.39 is 0 Å². The van der Waals surface area contributed by atoms with E-state index in [0.717, 1.165) is 0 Å². The van der Waals surface area contributed by atoms with E-state index >= 15 is 0 Å². The van der Waals surface area contributed by atoms with Crippen LogP contribution in [0, 0.1) is 11.8 Å². The Morgan fingerprint density at radius 1 is 1.25 bits per heavy atom. The summed E-state index contributed by atoms with van der Waals surface area (Å²) in [6.07, 6.45) is 0.0980.